The van der Waals surface area contributed by atoms with Gasteiger partial charge >= 0.3 is 0 Å². The van der Waals surface area contributed by atoms with Crippen LogP contribution in [0.4, 0.5) is 23.0 Å². The molecular weight excluding hydrogens is 364 g/mol. The first-order chi connectivity index (χ1) is 14.2. The van der Waals surface area contributed by atoms with Gasteiger partial charge in [-0.05, 0) is 37.1 Å². The third kappa shape index (κ3) is 3.22. The smallest absolute Gasteiger partial charge is 0.230 e. The molecule has 0 saturated carbocycles. The minimum absolute atomic E-state index is 0.0150. The Hall–Kier alpha value is -3.35. The van der Waals surface area contributed by atoms with Gasteiger partial charge in [-0.1, -0.05) is 18.2 Å². The molecule has 0 spiro atoms. The van der Waals surface area contributed by atoms with Crippen LogP contribution in [0.5, 0.6) is 0 Å². The Labute approximate surface area is 170 Å². The van der Waals surface area contributed by atoms with Gasteiger partial charge in [-0.3, -0.25) is 9.48 Å². The molecule has 0 radical (unpaired) electrons. The van der Waals surface area contributed by atoms with Crippen LogP contribution in [0.2, 0.25) is 0 Å². The van der Waals surface area contributed by atoms with Crippen LogP contribution in [0.25, 0.3) is 0 Å². The first-order valence-corrected chi connectivity index (χ1v) is 10.0. The minimum Gasteiger partial charge on any atom is -0.357 e. The quantitative estimate of drug-likeness (QED) is 0.730. The fourth-order valence-electron chi connectivity index (χ4n) is 4.27. The number of nitrogens with zero attached hydrogens (tertiary/aromatic N) is 5. The highest BCUT2D eigenvalue weighted by atomic mass is 16.2. The summed E-state index contributed by atoms with van der Waals surface area (Å²) < 4.78 is 1.82. The Morgan fingerprint density at radius 1 is 1.10 bits per heavy atom. The van der Waals surface area contributed by atoms with E-state index in [4.69, 9.17) is 0 Å². The predicted octanol–water partition coefficient (Wildman–Crippen LogP) is 3.32. The number of carbonyl (C=O) groups is 1. The second kappa shape index (κ2) is 7.24. The normalized spacial score (nSPS) is 16.6. The molecular formula is C22H24N6O. The highest BCUT2D eigenvalue weighted by Crippen LogP contribution is 2.37. The largest absolute Gasteiger partial charge is 0.357 e. The number of aromatic nitrogens is 3. The van der Waals surface area contributed by atoms with E-state index in [2.05, 4.69) is 20.3 Å². The summed E-state index contributed by atoms with van der Waals surface area (Å²) in [6, 6.07) is 14.0. The van der Waals surface area contributed by atoms with Crippen molar-refractivity contribution in [2.75, 3.05) is 28.2 Å². The van der Waals surface area contributed by atoms with Crippen molar-refractivity contribution in [2.45, 2.75) is 19.4 Å². The van der Waals surface area contributed by atoms with E-state index in [1.165, 1.54) is 0 Å². The Morgan fingerprint density at radius 2 is 1.90 bits per heavy atom. The molecule has 1 aromatic carbocycles. The van der Waals surface area contributed by atoms with Crippen LogP contribution in [-0.4, -0.2) is 33.8 Å². The van der Waals surface area contributed by atoms with Crippen molar-refractivity contribution in [1.82, 2.24) is 14.8 Å². The lowest BCUT2D eigenvalue weighted by Gasteiger charge is -2.34. The van der Waals surface area contributed by atoms with Crippen LogP contribution < -0.4 is 15.1 Å². The number of amides is 1. The molecule has 3 aromatic rings. The van der Waals surface area contributed by atoms with Gasteiger partial charge in [-0.15, -0.1) is 0 Å². The summed E-state index contributed by atoms with van der Waals surface area (Å²) in [5.41, 5.74) is 2.90. The van der Waals surface area contributed by atoms with Crippen LogP contribution in [-0.2, 0) is 18.4 Å². The number of pyridine rings is 1. The average Bonchev–Trinajstić information content (AvgIpc) is 3.02. The lowest BCUT2D eigenvalue weighted by Crippen LogP contribution is -2.42. The molecule has 7 heteroatoms. The lowest BCUT2D eigenvalue weighted by molar-refractivity contribution is -0.123. The van der Waals surface area contributed by atoms with E-state index in [0.717, 1.165) is 54.5 Å². The SMILES string of the molecule is Cn1ncc2c1Nc1ccccc1N(C(=O)C1CCN(c3ccccn3)CC1)C2. The van der Waals surface area contributed by atoms with Crippen molar-refractivity contribution < 1.29 is 4.79 Å². The molecule has 0 aliphatic carbocycles. The summed E-state index contributed by atoms with van der Waals surface area (Å²) in [7, 11) is 1.92. The highest BCUT2D eigenvalue weighted by Gasteiger charge is 2.32. The first kappa shape index (κ1) is 17.7. The fourth-order valence-corrected chi connectivity index (χ4v) is 4.27. The third-order valence-electron chi connectivity index (χ3n) is 5.87. The van der Waals surface area contributed by atoms with Gasteiger partial charge in [0.1, 0.15) is 11.6 Å². The third-order valence-corrected chi connectivity index (χ3v) is 5.87. The monoisotopic (exact) mass is 388 g/mol. The zero-order valence-electron chi connectivity index (χ0n) is 16.5. The highest BCUT2D eigenvalue weighted by molar-refractivity contribution is 5.99. The topological polar surface area (TPSA) is 66.3 Å². The van der Waals surface area contributed by atoms with Gasteiger partial charge in [-0.25, -0.2) is 4.98 Å². The summed E-state index contributed by atoms with van der Waals surface area (Å²) in [6.07, 6.45) is 5.33. The summed E-state index contributed by atoms with van der Waals surface area (Å²) in [5.74, 6) is 2.14. The zero-order chi connectivity index (χ0) is 19.8. The van der Waals surface area contributed by atoms with Crippen LogP contribution in [0.15, 0.2) is 54.9 Å². The van der Waals surface area contributed by atoms with Crippen molar-refractivity contribution in [3.63, 3.8) is 0 Å². The Bertz CT molecular complexity index is 1020. The van der Waals surface area contributed by atoms with Gasteiger partial charge in [0, 0.05) is 37.8 Å². The molecule has 7 nitrogen and oxygen atoms in total. The maximum atomic E-state index is 13.6. The summed E-state index contributed by atoms with van der Waals surface area (Å²) in [5, 5.41) is 7.82. The molecule has 0 unspecified atom stereocenters. The number of para-hydroxylation sites is 2. The van der Waals surface area contributed by atoms with Gasteiger partial charge < -0.3 is 15.1 Å². The molecule has 5 rings (SSSR count). The molecule has 2 aromatic heterocycles. The molecule has 0 bridgehead atoms. The number of aryl methyl sites for hydroxylation is 1. The molecule has 148 valence electrons. The molecule has 29 heavy (non-hydrogen) atoms. The van der Waals surface area contributed by atoms with Gasteiger partial charge in [0.2, 0.25) is 5.91 Å². The second-order valence-electron chi connectivity index (χ2n) is 7.66. The molecule has 2 aliphatic heterocycles. The number of hydrogen-bond acceptors (Lipinski definition) is 5. The maximum Gasteiger partial charge on any atom is 0.230 e. The van der Waals surface area contributed by atoms with Crippen LogP contribution in [0.3, 0.4) is 0 Å². The first-order valence-electron chi connectivity index (χ1n) is 10.0. The number of nitrogens with one attached hydrogen (secondary N) is 1. The number of anilines is 4. The van der Waals surface area contributed by atoms with Gasteiger partial charge in [-0.2, -0.15) is 5.10 Å². The Morgan fingerprint density at radius 3 is 2.69 bits per heavy atom. The van der Waals surface area contributed by atoms with Crippen molar-refractivity contribution in [2.24, 2.45) is 13.0 Å². The standard InChI is InChI=1S/C22H24N6O/c1-26-21-17(14-24-26)15-28(19-7-3-2-6-18(19)25-21)22(29)16-9-12-27(13-10-16)20-8-4-5-11-23-20/h2-8,11,14,16,25H,9-10,12-13,15H2,1H3. The number of hydrogen-bond donors (Lipinski definition) is 1. The number of fused-ring (bicyclic) bond motifs is 2. The van der Waals surface area contributed by atoms with Crippen molar-refractivity contribution >= 4 is 28.9 Å². The summed E-state index contributed by atoms with van der Waals surface area (Å²) in [6.45, 7) is 2.23. The zero-order valence-corrected chi connectivity index (χ0v) is 16.5. The van der Waals surface area contributed by atoms with Gasteiger partial charge in [0.25, 0.3) is 0 Å². The van der Waals surface area contributed by atoms with Crippen LogP contribution in [0.1, 0.15) is 18.4 Å². The molecule has 2 aliphatic rings. The number of piperidine rings is 1. The second-order valence-corrected chi connectivity index (χ2v) is 7.66. The number of carbonyl (C=O) groups excluding carboxylic acids is 1. The van der Waals surface area contributed by atoms with Crippen LogP contribution >= 0.6 is 0 Å². The van der Waals surface area contributed by atoms with E-state index >= 15 is 0 Å². The van der Waals surface area contributed by atoms with Crippen molar-refractivity contribution in [3.05, 3.63) is 60.4 Å². The van der Waals surface area contributed by atoms with E-state index in [0.29, 0.717) is 6.54 Å². The molecule has 0 atom stereocenters. The van der Waals surface area contributed by atoms with Crippen molar-refractivity contribution in [1.29, 1.82) is 0 Å². The summed E-state index contributed by atoms with van der Waals surface area (Å²) >= 11 is 0. The van der Waals surface area contributed by atoms with E-state index in [1.54, 1.807) is 0 Å². The molecule has 1 N–H and O–H groups in total. The lowest BCUT2D eigenvalue weighted by atomic mass is 9.94. The number of benzene rings is 1. The van der Waals surface area contributed by atoms with E-state index in [-0.39, 0.29) is 11.8 Å². The maximum absolute atomic E-state index is 13.6. The molecule has 1 amide bonds. The average molecular weight is 388 g/mol. The molecule has 4 heterocycles. The Kier molecular flexibility index (Phi) is 4.42. The van der Waals surface area contributed by atoms with Crippen molar-refractivity contribution in [3.8, 4) is 0 Å². The predicted molar refractivity (Wildman–Crippen MR) is 113 cm³/mol. The summed E-state index contributed by atoms with van der Waals surface area (Å²) in [4.78, 5) is 22.2. The Balaban J connectivity index is 1.38. The minimum atomic E-state index is 0.0150. The van der Waals surface area contributed by atoms with Gasteiger partial charge in [0.15, 0.2) is 0 Å². The fraction of sp³-hybridized carbons (Fsp3) is 0.318. The molecule has 1 saturated heterocycles. The van der Waals surface area contributed by atoms with Crippen LogP contribution in [0, 0.1) is 5.92 Å². The number of rotatable bonds is 2. The van der Waals surface area contributed by atoms with E-state index in [9.17, 15) is 4.79 Å². The van der Waals surface area contributed by atoms with E-state index < -0.39 is 0 Å². The van der Waals surface area contributed by atoms with Gasteiger partial charge in [0.05, 0.1) is 24.1 Å². The molecule has 1 fully saturated rings. The van der Waals surface area contributed by atoms with E-state index in [1.807, 2.05) is 71.5 Å².